The molecule has 112 valence electrons. The Morgan fingerprint density at radius 3 is 2.21 bits per heavy atom. The molecule has 0 radical (unpaired) electrons. The molecular weight excluding hydrogens is 261 g/mol. The Hall–Kier alpha value is -0.980. The fourth-order valence-corrected chi connectivity index (χ4v) is 2.21. The molecule has 1 aliphatic rings. The SMILES string of the molecule is CC(C)(C)OC(=O)N1CC(CN)C(CC(F)(F)F)C1. The second-order valence-electron chi connectivity index (χ2n) is 5.96. The van der Waals surface area contributed by atoms with Gasteiger partial charge in [-0.25, -0.2) is 4.79 Å². The first-order valence-corrected chi connectivity index (χ1v) is 6.26. The summed E-state index contributed by atoms with van der Waals surface area (Å²) < 4.78 is 42.5. The number of ether oxygens (including phenoxy) is 1. The van der Waals surface area contributed by atoms with Gasteiger partial charge in [0, 0.05) is 19.5 Å². The average Bonchev–Trinajstić information content (AvgIpc) is 2.55. The lowest BCUT2D eigenvalue weighted by atomic mass is 9.93. The molecule has 2 atom stereocenters. The molecule has 1 saturated heterocycles. The van der Waals surface area contributed by atoms with Crippen LogP contribution in [-0.4, -0.2) is 42.4 Å². The molecule has 1 rings (SSSR count). The van der Waals surface area contributed by atoms with E-state index in [0.29, 0.717) is 0 Å². The van der Waals surface area contributed by atoms with E-state index in [-0.39, 0.29) is 25.6 Å². The lowest BCUT2D eigenvalue weighted by Gasteiger charge is -2.24. The second kappa shape index (κ2) is 5.56. The Balaban J connectivity index is 2.63. The smallest absolute Gasteiger partial charge is 0.410 e. The van der Waals surface area contributed by atoms with Gasteiger partial charge in [-0.1, -0.05) is 0 Å². The molecule has 0 aromatic heterocycles. The zero-order valence-corrected chi connectivity index (χ0v) is 11.5. The van der Waals surface area contributed by atoms with Crippen molar-refractivity contribution < 1.29 is 22.7 Å². The van der Waals surface area contributed by atoms with Gasteiger partial charge < -0.3 is 15.4 Å². The fourth-order valence-electron chi connectivity index (χ4n) is 2.21. The van der Waals surface area contributed by atoms with Crippen LogP contribution >= 0.6 is 0 Å². The molecule has 0 bridgehead atoms. The first-order valence-electron chi connectivity index (χ1n) is 6.26. The summed E-state index contributed by atoms with van der Waals surface area (Å²) in [4.78, 5) is 13.1. The number of likely N-dealkylation sites (tertiary alicyclic amines) is 1. The minimum absolute atomic E-state index is 0.0519. The van der Waals surface area contributed by atoms with E-state index < -0.39 is 30.2 Å². The molecule has 0 aromatic carbocycles. The normalized spacial score (nSPS) is 24.7. The van der Waals surface area contributed by atoms with Gasteiger partial charge in [0.1, 0.15) is 5.60 Å². The molecule has 0 spiro atoms. The molecule has 19 heavy (non-hydrogen) atoms. The summed E-state index contributed by atoms with van der Waals surface area (Å²) in [6.07, 6.45) is -5.72. The number of alkyl halides is 3. The highest BCUT2D eigenvalue weighted by atomic mass is 19.4. The van der Waals surface area contributed by atoms with E-state index in [1.807, 2.05) is 0 Å². The number of hydrogen-bond donors (Lipinski definition) is 1. The van der Waals surface area contributed by atoms with Crippen molar-refractivity contribution in [2.45, 2.75) is 39.0 Å². The third-order valence-electron chi connectivity index (χ3n) is 3.02. The van der Waals surface area contributed by atoms with Crippen molar-refractivity contribution >= 4 is 6.09 Å². The molecule has 0 saturated carbocycles. The van der Waals surface area contributed by atoms with Crippen molar-refractivity contribution in [2.75, 3.05) is 19.6 Å². The van der Waals surface area contributed by atoms with Crippen LogP contribution in [0.4, 0.5) is 18.0 Å². The maximum Gasteiger partial charge on any atom is 0.410 e. The fraction of sp³-hybridized carbons (Fsp3) is 0.917. The van der Waals surface area contributed by atoms with Crippen LogP contribution in [0, 0.1) is 11.8 Å². The first kappa shape index (κ1) is 16.1. The minimum atomic E-state index is -4.23. The number of halogens is 3. The Kier molecular flexibility index (Phi) is 4.71. The third kappa shape index (κ3) is 5.26. The van der Waals surface area contributed by atoms with Crippen LogP contribution in [0.2, 0.25) is 0 Å². The van der Waals surface area contributed by atoms with Crippen LogP contribution < -0.4 is 5.73 Å². The maximum absolute atomic E-state index is 12.4. The quantitative estimate of drug-likeness (QED) is 0.846. The predicted molar refractivity (Wildman–Crippen MR) is 64.5 cm³/mol. The summed E-state index contributed by atoms with van der Waals surface area (Å²) >= 11 is 0. The molecule has 1 aliphatic heterocycles. The third-order valence-corrected chi connectivity index (χ3v) is 3.02. The summed E-state index contributed by atoms with van der Waals surface area (Å²) in [7, 11) is 0. The van der Waals surface area contributed by atoms with E-state index in [1.165, 1.54) is 4.90 Å². The van der Waals surface area contributed by atoms with E-state index >= 15 is 0 Å². The molecule has 2 unspecified atom stereocenters. The number of hydrogen-bond acceptors (Lipinski definition) is 3. The molecular formula is C12H21F3N2O2. The number of carbonyl (C=O) groups is 1. The molecule has 4 nitrogen and oxygen atoms in total. The lowest BCUT2D eigenvalue weighted by Crippen LogP contribution is -2.36. The second-order valence-corrected chi connectivity index (χ2v) is 5.96. The molecule has 0 aromatic rings. The van der Waals surface area contributed by atoms with E-state index in [1.54, 1.807) is 20.8 Å². The van der Waals surface area contributed by atoms with Crippen molar-refractivity contribution in [3.8, 4) is 0 Å². The van der Waals surface area contributed by atoms with Crippen LogP contribution in [0.3, 0.4) is 0 Å². The van der Waals surface area contributed by atoms with Crippen LogP contribution in [0.1, 0.15) is 27.2 Å². The highest BCUT2D eigenvalue weighted by Gasteiger charge is 2.42. The Morgan fingerprint density at radius 1 is 1.26 bits per heavy atom. The minimum Gasteiger partial charge on any atom is -0.444 e. The van der Waals surface area contributed by atoms with Gasteiger partial charge in [-0.05, 0) is 39.2 Å². The summed E-state index contributed by atoms with van der Waals surface area (Å²) in [5.41, 5.74) is 4.83. The van der Waals surface area contributed by atoms with Crippen LogP contribution in [0.15, 0.2) is 0 Å². The zero-order chi connectivity index (χ0) is 14.8. The molecule has 0 aliphatic carbocycles. The number of nitrogens with zero attached hydrogens (tertiary/aromatic N) is 1. The van der Waals surface area contributed by atoms with Gasteiger partial charge >= 0.3 is 12.3 Å². The van der Waals surface area contributed by atoms with Gasteiger partial charge in [0.2, 0.25) is 0 Å². The van der Waals surface area contributed by atoms with Gasteiger partial charge in [-0.2, -0.15) is 13.2 Å². The Bertz CT molecular complexity index is 326. The van der Waals surface area contributed by atoms with Gasteiger partial charge in [-0.3, -0.25) is 0 Å². The van der Waals surface area contributed by atoms with Crippen molar-refractivity contribution in [3.63, 3.8) is 0 Å². The Morgan fingerprint density at radius 2 is 1.79 bits per heavy atom. The summed E-state index contributed by atoms with van der Waals surface area (Å²) in [5.74, 6) is -0.966. The van der Waals surface area contributed by atoms with Gasteiger partial charge in [0.25, 0.3) is 0 Å². The monoisotopic (exact) mass is 282 g/mol. The molecule has 1 fully saturated rings. The number of carbonyl (C=O) groups excluding carboxylic acids is 1. The van der Waals surface area contributed by atoms with Crippen molar-refractivity contribution in [2.24, 2.45) is 17.6 Å². The predicted octanol–water partition coefficient (Wildman–Crippen LogP) is 2.38. The van der Waals surface area contributed by atoms with E-state index in [4.69, 9.17) is 10.5 Å². The molecule has 2 N–H and O–H groups in total. The van der Waals surface area contributed by atoms with E-state index in [2.05, 4.69) is 0 Å². The molecule has 1 heterocycles. The van der Waals surface area contributed by atoms with Crippen LogP contribution in [-0.2, 0) is 4.74 Å². The standard InChI is InChI=1S/C12H21F3N2O2/c1-11(2,3)19-10(18)17-6-8(4-12(13,14)15)9(5-16)7-17/h8-9H,4-7,16H2,1-3H3. The van der Waals surface area contributed by atoms with Gasteiger partial charge in [-0.15, -0.1) is 0 Å². The summed E-state index contributed by atoms with van der Waals surface area (Å²) in [5, 5.41) is 0. The largest absolute Gasteiger partial charge is 0.444 e. The van der Waals surface area contributed by atoms with E-state index in [0.717, 1.165) is 0 Å². The first-order chi connectivity index (χ1) is 8.52. The van der Waals surface area contributed by atoms with Crippen LogP contribution in [0.5, 0.6) is 0 Å². The summed E-state index contributed by atoms with van der Waals surface area (Å²) in [6.45, 7) is 5.57. The number of nitrogens with two attached hydrogens (primary N) is 1. The highest BCUT2D eigenvalue weighted by Crippen LogP contribution is 2.34. The number of rotatable bonds is 2. The van der Waals surface area contributed by atoms with Crippen molar-refractivity contribution in [3.05, 3.63) is 0 Å². The van der Waals surface area contributed by atoms with Gasteiger partial charge in [0.15, 0.2) is 0 Å². The molecule has 1 amide bonds. The van der Waals surface area contributed by atoms with Crippen LogP contribution in [0.25, 0.3) is 0 Å². The maximum atomic E-state index is 12.4. The molecule has 7 heteroatoms. The van der Waals surface area contributed by atoms with Crippen molar-refractivity contribution in [1.29, 1.82) is 0 Å². The van der Waals surface area contributed by atoms with Gasteiger partial charge in [0.05, 0.1) is 0 Å². The van der Waals surface area contributed by atoms with Crippen molar-refractivity contribution in [1.82, 2.24) is 4.90 Å². The Labute approximate surface area is 111 Å². The average molecular weight is 282 g/mol. The summed E-state index contributed by atoms with van der Waals surface area (Å²) in [6, 6.07) is 0. The van der Waals surface area contributed by atoms with E-state index in [9.17, 15) is 18.0 Å². The number of amides is 1. The zero-order valence-electron chi connectivity index (χ0n) is 11.5. The lowest BCUT2D eigenvalue weighted by molar-refractivity contribution is -0.145. The topological polar surface area (TPSA) is 55.6 Å². The highest BCUT2D eigenvalue weighted by molar-refractivity contribution is 5.68.